The average molecular weight is 343 g/mol. The number of amides is 1. The minimum atomic E-state index is -0.178. The van der Waals surface area contributed by atoms with Crippen LogP contribution >= 0.6 is 0 Å². The van der Waals surface area contributed by atoms with Crippen molar-refractivity contribution in [2.75, 3.05) is 5.32 Å². The predicted molar refractivity (Wildman–Crippen MR) is 101 cm³/mol. The van der Waals surface area contributed by atoms with Gasteiger partial charge in [0.15, 0.2) is 0 Å². The summed E-state index contributed by atoms with van der Waals surface area (Å²) in [5.74, 6) is 0.551. The fourth-order valence-electron chi connectivity index (χ4n) is 4.51. The Morgan fingerprint density at radius 2 is 2.08 bits per heavy atom. The third-order valence-electron chi connectivity index (χ3n) is 6.11. The van der Waals surface area contributed by atoms with Gasteiger partial charge in [-0.25, -0.2) is 4.98 Å². The fraction of sp³-hybridized carbons (Fsp3) is 0.273. The number of nitrogens with one attached hydrogen (secondary N) is 1. The quantitative estimate of drug-likeness (QED) is 0.765. The van der Waals surface area contributed by atoms with Crippen molar-refractivity contribution >= 4 is 11.6 Å². The van der Waals surface area contributed by atoms with Crippen LogP contribution < -0.4 is 5.32 Å². The van der Waals surface area contributed by atoms with Crippen LogP contribution in [0.4, 0.5) is 5.69 Å². The molecule has 0 saturated heterocycles. The lowest BCUT2D eigenvalue weighted by Crippen LogP contribution is -2.29. The standard InChI is InChI=1S/C22H21N3O/c1-2-22-13-18(22)17-12-16(8-9-19(17)24-21(22)26)20(25-11-10-23-14-25)15-6-4-3-5-7-15/h3-12,14,18,20H,2,13H2,1H3,(H,24,26). The number of rotatable bonds is 4. The van der Waals surface area contributed by atoms with Gasteiger partial charge < -0.3 is 9.88 Å². The SMILES string of the molecule is CCC12CC1c1cc(C(c3ccccc3)n3ccnc3)ccc1NC2=O. The average Bonchev–Trinajstić information content (AvgIpc) is 3.23. The predicted octanol–water partition coefficient (Wildman–Crippen LogP) is 4.36. The Labute approximate surface area is 152 Å². The minimum absolute atomic E-state index is 0.0800. The molecule has 0 spiro atoms. The summed E-state index contributed by atoms with van der Waals surface area (Å²) >= 11 is 0. The highest BCUT2D eigenvalue weighted by molar-refractivity contribution is 6.02. The van der Waals surface area contributed by atoms with Crippen LogP contribution in [0, 0.1) is 5.41 Å². The van der Waals surface area contributed by atoms with Crippen LogP contribution in [-0.2, 0) is 4.79 Å². The zero-order chi connectivity index (χ0) is 17.7. The first-order chi connectivity index (χ1) is 12.7. The summed E-state index contributed by atoms with van der Waals surface area (Å²) in [4.78, 5) is 16.7. The number of hydrogen-bond donors (Lipinski definition) is 1. The highest BCUT2D eigenvalue weighted by Gasteiger charge is 2.61. The Morgan fingerprint density at radius 3 is 2.81 bits per heavy atom. The number of imidazole rings is 1. The molecular weight excluding hydrogens is 322 g/mol. The van der Waals surface area contributed by atoms with E-state index in [1.165, 1.54) is 16.7 Å². The molecule has 130 valence electrons. The summed E-state index contributed by atoms with van der Waals surface area (Å²) in [6.45, 7) is 2.12. The lowest BCUT2D eigenvalue weighted by molar-refractivity contribution is -0.121. The van der Waals surface area contributed by atoms with Gasteiger partial charge in [-0.05, 0) is 35.6 Å². The molecule has 1 aromatic heterocycles. The van der Waals surface area contributed by atoms with Gasteiger partial charge in [0.1, 0.15) is 0 Å². The van der Waals surface area contributed by atoms with Gasteiger partial charge in [-0.1, -0.05) is 49.4 Å². The van der Waals surface area contributed by atoms with E-state index >= 15 is 0 Å². The molecule has 2 aromatic carbocycles. The summed E-state index contributed by atoms with van der Waals surface area (Å²) in [5, 5.41) is 3.13. The Bertz CT molecular complexity index is 964. The van der Waals surface area contributed by atoms with Crippen LogP contribution in [0.25, 0.3) is 0 Å². The Hall–Kier alpha value is -2.88. The molecule has 5 rings (SSSR count). The molecule has 2 aliphatic rings. The van der Waals surface area contributed by atoms with Crippen molar-refractivity contribution in [1.82, 2.24) is 9.55 Å². The third-order valence-corrected chi connectivity index (χ3v) is 6.11. The molecule has 0 bridgehead atoms. The van der Waals surface area contributed by atoms with Crippen LogP contribution in [0.5, 0.6) is 0 Å². The molecule has 2 heterocycles. The molecule has 1 aliphatic carbocycles. The van der Waals surface area contributed by atoms with E-state index < -0.39 is 0 Å². The maximum atomic E-state index is 12.5. The summed E-state index contributed by atoms with van der Waals surface area (Å²) in [5.41, 5.74) is 4.53. The first-order valence-corrected chi connectivity index (χ1v) is 9.20. The van der Waals surface area contributed by atoms with Gasteiger partial charge in [-0.2, -0.15) is 0 Å². The molecule has 3 atom stereocenters. The van der Waals surface area contributed by atoms with Crippen molar-refractivity contribution in [2.24, 2.45) is 5.41 Å². The van der Waals surface area contributed by atoms with Crippen molar-refractivity contribution in [3.05, 3.63) is 83.9 Å². The second-order valence-corrected chi connectivity index (χ2v) is 7.39. The first kappa shape index (κ1) is 15.4. The molecule has 26 heavy (non-hydrogen) atoms. The molecular formula is C22H21N3O. The van der Waals surface area contributed by atoms with Gasteiger partial charge >= 0.3 is 0 Å². The molecule has 4 nitrogen and oxygen atoms in total. The summed E-state index contributed by atoms with van der Waals surface area (Å²) in [7, 11) is 0. The fourth-order valence-corrected chi connectivity index (χ4v) is 4.51. The largest absolute Gasteiger partial charge is 0.326 e. The normalized spacial score (nSPS) is 24.3. The zero-order valence-electron chi connectivity index (χ0n) is 14.7. The molecule has 1 saturated carbocycles. The van der Waals surface area contributed by atoms with E-state index in [-0.39, 0.29) is 17.4 Å². The van der Waals surface area contributed by atoms with E-state index in [9.17, 15) is 4.79 Å². The van der Waals surface area contributed by atoms with E-state index in [1.807, 2.05) is 24.8 Å². The molecule has 0 radical (unpaired) electrons. The van der Waals surface area contributed by atoms with Gasteiger partial charge in [0.25, 0.3) is 0 Å². The molecule has 1 N–H and O–H groups in total. The van der Waals surface area contributed by atoms with E-state index in [4.69, 9.17) is 0 Å². The lowest BCUT2D eigenvalue weighted by atomic mass is 9.88. The van der Waals surface area contributed by atoms with Crippen molar-refractivity contribution in [3.63, 3.8) is 0 Å². The highest BCUT2D eigenvalue weighted by atomic mass is 16.2. The number of carbonyl (C=O) groups is 1. The first-order valence-electron chi connectivity index (χ1n) is 9.20. The van der Waals surface area contributed by atoms with Crippen molar-refractivity contribution < 1.29 is 4.79 Å². The van der Waals surface area contributed by atoms with Gasteiger partial charge in [0.05, 0.1) is 17.8 Å². The lowest BCUT2D eigenvalue weighted by Gasteiger charge is -2.26. The second-order valence-electron chi connectivity index (χ2n) is 7.39. The van der Waals surface area contributed by atoms with Crippen LogP contribution in [-0.4, -0.2) is 15.5 Å². The molecule has 3 aromatic rings. The number of aromatic nitrogens is 2. The van der Waals surface area contributed by atoms with Crippen molar-refractivity contribution in [3.8, 4) is 0 Å². The molecule has 1 fully saturated rings. The minimum Gasteiger partial charge on any atom is -0.326 e. The number of anilines is 1. The Kier molecular flexibility index (Phi) is 3.29. The molecule has 1 aliphatic heterocycles. The van der Waals surface area contributed by atoms with E-state index in [1.54, 1.807) is 0 Å². The van der Waals surface area contributed by atoms with Crippen LogP contribution in [0.1, 0.15) is 48.4 Å². The topological polar surface area (TPSA) is 46.9 Å². The Morgan fingerprint density at radius 1 is 1.23 bits per heavy atom. The van der Waals surface area contributed by atoms with E-state index in [0.29, 0.717) is 5.92 Å². The van der Waals surface area contributed by atoms with Gasteiger partial charge in [-0.15, -0.1) is 0 Å². The molecule has 4 heteroatoms. The van der Waals surface area contributed by atoms with Gasteiger partial charge in [-0.3, -0.25) is 4.79 Å². The molecule has 1 amide bonds. The van der Waals surface area contributed by atoms with Crippen molar-refractivity contribution in [2.45, 2.75) is 31.7 Å². The van der Waals surface area contributed by atoms with Gasteiger partial charge in [0, 0.05) is 24.0 Å². The Balaban J connectivity index is 1.62. The van der Waals surface area contributed by atoms with Crippen LogP contribution in [0.2, 0.25) is 0 Å². The highest BCUT2D eigenvalue weighted by Crippen LogP contribution is 2.65. The maximum Gasteiger partial charge on any atom is 0.231 e. The van der Waals surface area contributed by atoms with E-state index in [0.717, 1.165) is 18.5 Å². The monoisotopic (exact) mass is 343 g/mol. The van der Waals surface area contributed by atoms with E-state index in [2.05, 4.69) is 64.3 Å². The second kappa shape index (κ2) is 5.56. The number of fused-ring (bicyclic) bond motifs is 3. The van der Waals surface area contributed by atoms with Crippen molar-refractivity contribution in [1.29, 1.82) is 0 Å². The smallest absolute Gasteiger partial charge is 0.231 e. The van der Waals surface area contributed by atoms with Crippen LogP contribution in [0.15, 0.2) is 67.3 Å². The van der Waals surface area contributed by atoms with Crippen LogP contribution in [0.3, 0.4) is 0 Å². The third kappa shape index (κ3) is 2.15. The number of nitrogens with zero attached hydrogens (tertiary/aromatic N) is 2. The maximum absolute atomic E-state index is 12.5. The summed E-state index contributed by atoms with van der Waals surface area (Å²) in [6.07, 6.45) is 7.56. The number of hydrogen-bond acceptors (Lipinski definition) is 2. The summed E-state index contributed by atoms with van der Waals surface area (Å²) in [6, 6.07) is 17.0. The zero-order valence-corrected chi connectivity index (χ0v) is 14.7. The number of carbonyl (C=O) groups excluding carboxylic acids is 1. The summed E-state index contributed by atoms with van der Waals surface area (Å²) < 4.78 is 2.14. The van der Waals surface area contributed by atoms with Gasteiger partial charge in [0.2, 0.25) is 5.91 Å². The molecule has 3 unspecified atom stereocenters. The number of benzene rings is 2.